The number of carbonyl (C=O) groups is 1. The third-order valence-corrected chi connectivity index (χ3v) is 10.6. The minimum atomic E-state index is -3.73. The lowest BCUT2D eigenvalue weighted by molar-refractivity contribution is -0.137. The van der Waals surface area contributed by atoms with E-state index in [9.17, 15) is 18.3 Å². The maximum absolute atomic E-state index is 14.0. The van der Waals surface area contributed by atoms with Gasteiger partial charge in [-0.1, -0.05) is 41.6 Å². The summed E-state index contributed by atoms with van der Waals surface area (Å²) in [4.78, 5) is 14.7. The topological polar surface area (TPSA) is 109 Å². The Hall–Kier alpha value is -3.76. The molecule has 41 heavy (non-hydrogen) atoms. The van der Waals surface area contributed by atoms with Crippen LogP contribution in [0.5, 0.6) is 0 Å². The van der Waals surface area contributed by atoms with Gasteiger partial charge in [0.05, 0.1) is 17.6 Å². The standard InChI is InChI=1S/C31H35N5O4S/c1-4-36-28-14-13-25(21(3)31(28)32-33-36)26(17-30(37)38)22-12-11-20(2)23(16-22)18-34-19-24-8-7-15-35(24)27-9-5-6-10-29(27)41(34,39)40/h5-6,9-14,16,24,26H,4,7-8,15,17-19H2,1-3H3,(H,37,38)/t24?,26-/m0/s1. The minimum absolute atomic E-state index is 0.0941. The highest BCUT2D eigenvalue weighted by Gasteiger charge is 2.39. The molecule has 0 aliphatic carbocycles. The average molecular weight is 574 g/mol. The number of aromatic nitrogens is 3. The van der Waals surface area contributed by atoms with Crippen LogP contribution in [0.3, 0.4) is 0 Å². The fourth-order valence-corrected chi connectivity index (χ4v) is 8.18. The van der Waals surface area contributed by atoms with Crippen LogP contribution in [0.1, 0.15) is 59.9 Å². The van der Waals surface area contributed by atoms with Crippen LogP contribution in [-0.2, 0) is 27.9 Å². The predicted octanol–water partition coefficient (Wildman–Crippen LogP) is 4.85. The number of anilines is 1. The molecule has 3 aromatic carbocycles. The van der Waals surface area contributed by atoms with Crippen LogP contribution in [0.15, 0.2) is 59.5 Å². The monoisotopic (exact) mass is 573 g/mol. The van der Waals surface area contributed by atoms with Crippen molar-refractivity contribution >= 4 is 32.7 Å². The fourth-order valence-electron chi connectivity index (χ4n) is 6.52. The summed E-state index contributed by atoms with van der Waals surface area (Å²) in [6, 6.07) is 17.3. The molecule has 214 valence electrons. The molecule has 3 heterocycles. The summed E-state index contributed by atoms with van der Waals surface area (Å²) in [5.41, 5.74) is 6.95. The van der Waals surface area contributed by atoms with E-state index >= 15 is 0 Å². The predicted molar refractivity (Wildman–Crippen MR) is 158 cm³/mol. The third-order valence-electron chi connectivity index (χ3n) is 8.74. The molecule has 0 spiro atoms. The van der Waals surface area contributed by atoms with Crippen LogP contribution < -0.4 is 4.90 Å². The van der Waals surface area contributed by atoms with Crippen molar-refractivity contribution in [2.24, 2.45) is 0 Å². The number of fused-ring (bicyclic) bond motifs is 4. The average Bonchev–Trinajstić information content (AvgIpc) is 3.58. The molecule has 0 bridgehead atoms. The van der Waals surface area contributed by atoms with Gasteiger partial charge >= 0.3 is 5.97 Å². The molecule has 0 amide bonds. The van der Waals surface area contributed by atoms with E-state index in [1.807, 2.05) is 67.9 Å². The van der Waals surface area contributed by atoms with Gasteiger partial charge in [-0.3, -0.25) is 4.79 Å². The highest BCUT2D eigenvalue weighted by atomic mass is 32.2. The number of nitrogens with zero attached hydrogens (tertiary/aromatic N) is 5. The van der Waals surface area contributed by atoms with Gasteiger partial charge in [0.2, 0.25) is 10.0 Å². The van der Waals surface area contributed by atoms with E-state index in [1.54, 1.807) is 16.4 Å². The van der Waals surface area contributed by atoms with E-state index in [0.29, 0.717) is 18.0 Å². The number of hydrogen-bond acceptors (Lipinski definition) is 6. The SMILES string of the molecule is CCn1nnc2c(C)c([C@@H](CC(=O)O)c3ccc(C)c(CN4CC5CCCN5c5ccccc5S4(=O)=O)c3)ccc21. The molecule has 9 nitrogen and oxygen atoms in total. The summed E-state index contributed by atoms with van der Waals surface area (Å²) in [6.07, 6.45) is 1.89. The molecular weight excluding hydrogens is 538 g/mol. The van der Waals surface area contributed by atoms with Gasteiger partial charge in [-0.05, 0) is 79.6 Å². The van der Waals surface area contributed by atoms with E-state index in [2.05, 4.69) is 15.2 Å². The van der Waals surface area contributed by atoms with Gasteiger partial charge in [0, 0.05) is 38.1 Å². The largest absolute Gasteiger partial charge is 0.481 e. The zero-order valence-electron chi connectivity index (χ0n) is 23.6. The minimum Gasteiger partial charge on any atom is -0.481 e. The summed E-state index contributed by atoms with van der Waals surface area (Å²) < 4.78 is 31.4. The Kier molecular flexibility index (Phi) is 7.07. The molecule has 0 saturated carbocycles. The summed E-state index contributed by atoms with van der Waals surface area (Å²) in [5, 5.41) is 18.5. The molecule has 1 saturated heterocycles. The van der Waals surface area contributed by atoms with Gasteiger partial charge < -0.3 is 10.0 Å². The maximum Gasteiger partial charge on any atom is 0.304 e. The molecule has 2 atom stereocenters. The quantitative estimate of drug-likeness (QED) is 0.337. The first-order valence-electron chi connectivity index (χ1n) is 14.2. The molecule has 1 aromatic heterocycles. The van der Waals surface area contributed by atoms with Crippen molar-refractivity contribution in [1.82, 2.24) is 19.3 Å². The van der Waals surface area contributed by atoms with Gasteiger partial charge in [-0.2, -0.15) is 4.31 Å². The maximum atomic E-state index is 14.0. The lowest BCUT2D eigenvalue weighted by atomic mass is 9.84. The first-order valence-corrected chi connectivity index (χ1v) is 15.6. The molecular formula is C31H35N5O4S. The van der Waals surface area contributed by atoms with Crippen molar-refractivity contribution in [3.8, 4) is 0 Å². The lowest BCUT2D eigenvalue weighted by Crippen LogP contribution is -2.39. The van der Waals surface area contributed by atoms with Crippen LogP contribution >= 0.6 is 0 Å². The summed E-state index contributed by atoms with van der Waals surface area (Å²) in [6.45, 7) is 8.14. The summed E-state index contributed by atoms with van der Waals surface area (Å²) in [5.74, 6) is -1.32. The Morgan fingerprint density at radius 2 is 1.93 bits per heavy atom. The van der Waals surface area contributed by atoms with E-state index < -0.39 is 21.9 Å². The Morgan fingerprint density at radius 3 is 2.71 bits per heavy atom. The van der Waals surface area contributed by atoms with E-state index in [4.69, 9.17) is 0 Å². The highest BCUT2D eigenvalue weighted by Crippen LogP contribution is 2.39. The second-order valence-electron chi connectivity index (χ2n) is 11.1. The molecule has 2 aliphatic rings. The third kappa shape index (κ3) is 4.78. The Balaban J connectivity index is 1.40. The van der Waals surface area contributed by atoms with Crippen molar-refractivity contribution in [1.29, 1.82) is 0 Å². The fraction of sp³-hybridized carbons (Fsp3) is 0.387. The van der Waals surface area contributed by atoms with Crippen LogP contribution in [0.25, 0.3) is 11.0 Å². The first kappa shape index (κ1) is 27.4. The van der Waals surface area contributed by atoms with Crippen molar-refractivity contribution < 1.29 is 18.3 Å². The summed E-state index contributed by atoms with van der Waals surface area (Å²) in [7, 11) is -3.73. The summed E-state index contributed by atoms with van der Waals surface area (Å²) >= 11 is 0. The second kappa shape index (κ2) is 10.6. The lowest BCUT2D eigenvalue weighted by Gasteiger charge is -2.27. The molecule has 2 aliphatic heterocycles. The number of sulfonamides is 1. The second-order valence-corrected chi connectivity index (χ2v) is 13.1. The highest BCUT2D eigenvalue weighted by molar-refractivity contribution is 7.89. The number of rotatable bonds is 7. The van der Waals surface area contributed by atoms with Gasteiger partial charge in [-0.15, -0.1) is 5.10 Å². The number of aryl methyl sites for hydroxylation is 3. The Bertz CT molecular complexity index is 1750. The van der Waals surface area contributed by atoms with Crippen LogP contribution in [-0.4, -0.2) is 57.9 Å². The number of benzene rings is 3. The number of carboxylic acid groups (broad SMARTS) is 1. The molecule has 0 radical (unpaired) electrons. The van der Waals surface area contributed by atoms with Crippen LogP contribution in [0.4, 0.5) is 5.69 Å². The molecule has 1 fully saturated rings. The van der Waals surface area contributed by atoms with Crippen molar-refractivity contribution in [2.45, 2.75) is 70.0 Å². The Labute approximate surface area is 240 Å². The molecule has 4 aromatic rings. The number of hydrogen-bond donors (Lipinski definition) is 1. The zero-order valence-corrected chi connectivity index (χ0v) is 24.4. The zero-order chi connectivity index (χ0) is 28.9. The molecule has 6 rings (SSSR count). The first-order chi connectivity index (χ1) is 19.7. The van der Waals surface area contributed by atoms with Gasteiger partial charge in [0.15, 0.2) is 0 Å². The van der Waals surface area contributed by atoms with E-state index in [1.165, 1.54) is 0 Å². The van der Waals surface area contributed by atoms with Crippen molar-refractivity contribution in [3.05, 3.63) is 82.4 Å². The Morgan fingerprint density at radius 1 is 1.12 bits per heavy atom. The normalized spacial score (nSPS) is 19.1. The molecule has 1 unspecified atom stereocenters. The number of para-hydroxylation sites is 1. The molecule has 10 heteroatoms. The van der Waals surface area contributed by atoms with Crippen LogP contribution in [0.2, 0.25) is 0 Å². The van der Waals surface area contributed by atoms with Crippen LogP contribution in [0, 0.1) is 13.8 Å². The van der Waals surface area contributed by atoms with Gasteiger partial charge in [0.1, 0.15) is 10.4 Å². The van der Waals surface area contributed by atoms with E-state index in [0.717, 1.165) is 63.9 Å². The number of aliphatic carboxylic acids is 1. The molecule has 1 N–H and O–H groups in total. The number of carboxylic acids is 1. The van der Waals surface area contributed by atoms with Gasteiger partial charge in [0.25, 0.3) is 0 Å². The van der Waals surface area contributed by atoms with Crippen molar-refractivity contribution in [3.63, 3.8) is 0 Å². The van der Waals surface area contributed by atoms with Crippen molar-refractivity contribution in [2.75, 3.05) is 18.0 Å². The smallest absolute Gasteiger partial charge is 0.304 e. The van der Waals surface area contributed by atoms with Gasteiger partial charge in [-0.25, -0.2) is 13.1 Å². The van der Waals surface area contributed by atoms with E-state index in [-0.39, 0.29) is 19.0 Å².